The van der Waals surface area contributed by atoms with E-state index in [1.54, 1.807) is 33.5 Å². The van der Waals surface area contributed by atoms with Gasteiger partial charge in [0.05, 0.1) is 0 Å². The molecule has 0 fully saturated rings. The molecule has 32 heavy (non-hydrogen) atoms. The van der Waals surface area contributed by atoms with Crippen molar-refractivity contribution < 1.29 is 23.5 Å². The van der Waals surface area contributed by atoms with Crippen LogP contribution in [0.2, 0.25) is 6.04 Å². The van der Waals surface area contributed by atoms with Crippen molar-refractivity contribution in [3.63, 3.8) is 0 Å². The van der Waals surface area contributed by atoms with Crippen LogP contribution in [0.25, 0.3) is 32.7 Å². The molecule has 0 aliphatic rings. The Balaban J connectivity index is 1.72. The van der Waals surface area contributed by atoms with Crippen molar-refractivity contribution >= 4 is 30.3 Å². The molecule has 0 saturated heterocycles. The number of fused-ring (bicyclic) bond motifs is 2. The smallest absolute Gasteiger partial charge is 0.500 e. The molecule has 2 N–H and O–H groups in total. The second-order valence-electron chi connectivity index (χ2n) is 7.84. The lowest BCUT2D eigenvalue weighted by molar-refractivity contribution is 0.123. The van der Waals surface area contributed by atoms with Gasteiger partial charge in [0.15, 0.2) is 0 Å². The van der Waals surface area contributed by atoms with Crippen LogP contribution < -0.4 is 0 Å². The van der Waals surface area contributed by atoms with Gasteiger partial charge in [-0.1, -0.05) is 54.6 Å². The number of rotatable bonds is 8. The van der Waals surface area contributed by atoms with Crippen LogP contribution in [-0.4, -0.2) is 40.3 Å². The Hall–Kier alpha value is -2.90. The van der Waals surface area contributed by atoms with Gasteiger partial charge in [-0.2, -0.15) is 0 Å². The SMILES string of the molecule is CO[Si](CCCc1ccc2c(-c3c(O)ccc4ccccc34)c(O)ccc2c1)(OC)OC. The van der Waals surface area contributed by atoms with Gasteiger partial charge in [-0.15, -0.1) is 0 Å². The predicted molar refractivity (Wildman–Crippen MR) is 130 cm³/mol. The minimum atomic E-state index is -2.58. The van der Waals surface area contributed by atoms with Crippen LogP contribution in [0.4, 0.5) is 0 Å². The number of aromatic hydroxyl groups is 2. The third-order valence-corrected chi connectivity index (χ3v) is 8.93. The number of hydrogen-bond acceptors (Lipinski definition) is 5. The topological polar surface area (TPSA) is 68.2 Å². The van der Waals surface area contributed by atoms with Gasteiger partial charge in [-0.25, -0.2) is 0 Å². The Kier molecular flexibility index (Phi) is 6.48. The monoisotopic (exact) mass is 448 g/mol. The van der Waals surface area contributed by atoms with E-state index in [1.807, 2.05) is 42.5 Å². The normalized spacial score (nSPS) is 12.0. The highest BCUT2D eigenvalue weighted by molar-refractivity contribution is 6.60. The van der Waals surface area contributed by atoms with Crippen LogP contribution in [0.1, 0.15) is 12.0 Å². The molecule has 0 aliphatic heterocycles. The van der Waals surface area contributed by atoms with Crippen molar-refractivity contribution in [1.29, 1.82) is 0 Å². The van der Waals surface area contributed by atoms with E-state index in [1.165, 1.54) is 5.56 Å². The molecule has 6 heteroatoms. The van der Waals surface area contributed by atoms with E-state index in [9.17, 15) is 10.2 Å². The minimum absolute atomic E-state index is 0.146. The van der Waals surface area contributed by atoms with Crippen LogP contribution in [0.3, 0.4) is 0 Å². The van der Waals surface area contributed by atoms with Gasteiger partial charge in [-0.05, 0) is 52.1 Å². The van der Waals surface area contributed by atoms with Crippen molar-refractivity contribution in [3.05, 3.63) is 72.3 Å². The van der Waals surface area contributed by atoms with E-state index in [-0.39, 0.29) is 11.5 Å². The molecular weight excluding hydrogens is 420 g/mol. The van der Waals surface area contributed by atoms with Crippen LogP contribution in [0, 0.1) is 0 Å². The van der Waals surface area contributed by atoms with E-state index in [0.717, 1.165) is 40.4 Å². The van der Waals surface area contributed by atoms with E-state index in [0.29, 0.717) is 11.1 Å². The lowest BCUT2D eigenvalue weighted by Gasteiger charge is -2.24. The second kappa shape index (κ2) is 9.30. The highest BCUT2D eigenvalue weighted by Gasteiger charge is 2.36. The van der Waals surface area contributed by atoms with Crippen molar-refractivity contribution in [2.24, 2.45) is 0 Å². The highest BCUT2D eigenvalue weighted by Crippen LogP contribution is 2.44. The zero-order chi connectivity index (χ0) is 22.7. The quantitative estimate of drug-likeness (QED) is 0.329. The van der Waals surface area contributed by atoms with E-state index in [2.05, 4.69) is 12.1 Å². The molecule has 0 radical (unpaired) electrons. The number of hydrogen-bond donors (Lipinski definition) is 2. The van der Waals surface area contributed by atoms with Gasteiger partial charge in [0.1, 0.15) is 11.5 Å². The van der Waals surface area contributed by atoms with Gasteiger partial charge in [0, 0.05) is 38.5 Å². The Bertz CT molecular complexity index is 1240. The molecule has 5 nitrogen and oxygen atoms in total. The molecule has 0 bridgehead atoms. The van der Waals surface area contributed by atoms with Crippen LogP contribution in [0.5, 0.6) is 11.5 Å². The van der Waals surface area contributed by atoms with E-state index < -0.39 is 8.80 Å². The Morgan fingerprint density at radius 2 is 1.28 bits per heavy atom. The second-order valence-corrected chi connectivity index (χ2v) is 10.9. The van der Waals surface area contributed by atoms with Crippen molar-refractivity contribution in [3.8, 4) is 22.6 Å². The summed E-state index contributed by atoms with van der Waals surface area (Å²) in [6, 6.07) is 22.0. The number of phenolic OH excluding ortho intramolecular Hbond substituents is 2. The first-order valence-corrected chi connectivity index (χ1v) is 12.6. The van der Waals surface area contributed by atoms with Gasteiger partial charge in [-0.3, -0.25) is 0 Å². The van der Waals surface area contributed by atoms with Crippen molar-refractivity contribution in [2.75, 3.05) is 21.3 Å². The van der Waals surface area contributed by atoms with Gasteiger partial charge >= 0.3 is 8.80 Å². The molecule has 0 heterocycles. The predicted octanol–water partition coefficient (Wildman–Crippen LogP) is 5.88. The summed E-state index contributed by atoms with van der Waals surface area (Å²) in [5.41, 5.74) is 2.48. The van der Waals surface area contributed by atoms with E-state index >= 15 is 0 Å². The molecule has 4 rings (SSSR count). The standard InChI is InChI=1S/C26H28O5Si/c1-29-32(30-2,31-3)16-6-7-18-10-13-22-20(17-18)12-15-24(28)26(22)25-21-9-5-4-8-19(21)11-14-23(25)27/h4-5,8-15,17,27-28H,6-7,16H2,1-3H3. The van der Waals surface area contributed by atoms with Gasteiger partial charge in [0.2, 0.25) is 0 Å². The summed E-state index contributed by atoms with van der Waals surface area (Å²) in [7, 11) is 2.31. The zero-order valence-corrected chi connectivity index (χ0v) is 19.6. The highest BCUT2D eigenvalue weighted by atomic mass is 28.4. The first kappa shape index (κ1) is 22.3. The minimum Gasteiger partial charge on any atom is -0.507 e. The first-order valence-electron chi connectivity index (χ1n) is 10.6. The molecule has 166 valence electrons. The maximum atomic E-state index is 10.8. The summed E-state index contributed by atoms with van der Waals surface area (Å²) >= 11 is 0. The Morgan fingerprint density at radius 3 is 1.94 bits per heavy atom. The van der Waals surface area contributed by atoms with Crippen molar-refractivity contribution in [2.45, 2.75) is 18.9 Å². The maximum absolute atomic E-state index is 10.8. The molecular formula is C26H28O5Si. The van der Waals surface area contributed by atoms with Gasteiger partial charge in [0.25, 0.3) is 0 Å². The summed E-state index contributed by atoms with van der Waals surface area (Å²) in [6.07, 6.45) is 1.73. The first-order chi connectivity index (χ1) is 15.5. The third-order valence-electron chi connectivity index (χ3n) is 6.10. The molecule has 4 aromatic carbocycles. The fourth-order valence-electron chi connectivity index (χ4n) is 4.37. The summed E-state index contributed by atoms with van der Waals surface area (Å²) in [6.45, 7) is 0. The number of benzene rings is 4. The number of aryl methyl sites for hydroxylation is 1. The largest absolute Gasteiger partial charge is 0.507 e. The average Bonchev–Trinajstić information content (AvgIpc) is 2.83. The zero-order valence-electron chi connectivity index (χ0n) is 18.6. The van der Waals surface area contributed by atoms with Crippen LogP contribution in [-0.2, 0) is 19.7 Å². The average molecular weight is 449 g/mol. The molecule has 0 amide bonds. The molecule has 0 saturated carbocycles. The Labute approximate surface area is 189 Å². The molecule has 0 unspecified atom stereocenters. The maximum Gasteiger partial charge on any atom is 0.500 e. The van der Waals surface area contributed by atoms with Crippen LogP contribution >= 0.6 is 0 Å². The summed E-state index contributed by atoms with van der Waals surface area (Å²) in [5.74, 6) is 0.295. The third kappa shape index (κ3) is 4.10. The van der Waals surface area contributed by atoms with E-state index in [4.69, 9.17) is 13.3 Å². The van der Waals surface area contributed by atoms with Crippen LogP contribution in [0.15, 0.2) is 66.7 Å². The van der Waals surface area contributed by atoms with Crippen molar-refractivity contribution in [1.82, 2.24) is 0 Å². The summed E-state index contributed by atoms with van der Waals surface area (Å²) in [4.78, 5) is 0. The summed E-state index contributed by atoms with van der Waals surface area (Å²) in [5, 5.41) is 25.3. The number of phenols is 2. The molecule has 4 aromatic rings. The fraction of sp³-hybridized carbons (Fsp3) is 0.231. The fourth-order valence-corrected chi connectivity index (χ4v) is 6.10. The van der Waals surface area contributed by atoms with Gasteiger partial charge < -0.3 is 23.5 Å². The lowest BCUT2D eigenvalue weighted by atomic mass is 9.91. The molecule has 0 aliphatic carbocycles. The lowest BCUT2D eigenvalue weighted by Crippen LogP contribution is -2.42. The molecule has 0 aromatic heterocycles. The molecule has 0 spiro atoms. The Morgan fingerprint density at radius 1 is 0.688 bits per heavy atom. The molecule has 0 atom stereocenters. The summed E-state index contributed by atoms with van der Waals surface area (Å²) < 4.78 is 16.5.